The fourth-order valence-electron chi connectivity index (χ4n) is 3.23. The van der Waals surface area contributed by atoms with Gasteiger partial charge in [0.15, 0.2) is 23.2 Å². The van der Waals surface area contributed by atoms with Crippen molar-refractivity contribution in [1.82, 2.24) is 19.5 Å². The minimum absolute atomic E-state index is 0.0380. The maximum absolute atomic E-state index is 12.3. The van der Waals surface area contributed by atoms with Gasteiger partial charge in [0.1, 0.15) is 18.3 Å². The maximum atomic E-state index is 12.3. The number of ether oxygens (including phenoxy) is 1. The highest BCUT2D eigenvalue weighted by molar-refractivity contribution is 7.98. The summed E-state index contributed by atoms with van der Waals surface area (Å²) in [5.74, 6) is 5.78. The first-order valence-electron chi connectivity index (χ1n) is 8.99. The Labute approximate surface area is 174 Å². The average molecular weight is 429 g/mol. The van der Waals surface area contributed by atoms with Crippen molar-refractivity contribution in [2.45, 2.75) is 29.4 Å². The van der Waals surface area contributed by atoms with E-state index in [1.807, 2.05) is 30.5 Å². The molecule has 1 saturated heterocycles. The van der Waals surface area contributed by atoms with Crippen LogP contribution in [-0.4, -0.2) is 66.0 Å². The maximum Gasteiger partial charge on any atom is 0.280 e. The average Bonchev–Trinajstić information content (AvgIpc) is 3.24. The second-order valence-electron chi connectivity index (χ2n) is 6.64. The molecule has 3 aromatic rings. The lowest BCUT2D eigenvalue weighted by atomic mass is 10.1. The van der Waals surface area contributed by atoms with Crippen LogP contribution in [0.25, 0.3) is 11.2 Å². The summed E-state index contributed by atoms with van der Waals surface area (Å²) in [5.41, 5.74) is 5.82. The molecule has 2 unspecified atom stereocenters. The second kappa shape index (κ2) is 8.10. The van der Waals surface area contributed by atoms with E-state index in [9.17, 15) is 20.1 Å². The van der Waals surface area contributed by atoms with Crippen LogP contribution in [-0.2, 0) is 4.74 Å². The molecule has 4 atom stereocenters. The number of benzene rings is 1. The molecule has 1 aromatic carbocycles. The smallest absolute Gasteiger partial charge is 0.280 e. The molecule has 1 aliphatic rings. The molecule has 3 heterocycles. The van der Waals surface area contributed by atoms with Crippen LogP contribution in [0.15, 0.2) is 34.0 Å². The molecule has 10 nitrogen and oxygen atoms in total. The van der Waals surface area contributed by atoms with Crippen molar-refractivity contribution in [1.29, 1.82) is 0 Å². The van der Waals surface area contributed by atoms with Crippen molar-refractivity contribution in [3.63, 3.8) is 0 Å². The number of nitrogens with two attached hydrogens (primary N) is 1. The number of aromatic amines is 1. The van der Waals surface area contributed by atoms with E-state index in [1.165, 1.54) is 4.57 Å². The number of imidazole rings is 1. The number of nitrogens with one attached hydrogen (secondary N) is 1. The highest BCUT2D eigenvalue weighted by Gasteiger charge is 2.45. The molecule has 1 fully saturated rings. The number of aliphatic hydroxyl groups excluding tert-OH is 3. The van der Waals surface area contributed by atoms with Gasteiger partial charge in [-0.05, 0) is 36.4 Å². The molecule has 156 valence electrons. The number of anilines is 1. The third kappa shape index (κ3) is 3.55. The number of aliphatic hydroxyl groups is 3. The quantitative estimate of drug-likeness (QED) is 0.271. The van der Waals surface area contributed by atoms with E-state index < -0.39 is 36.7 Å². The molecule has 0 aliphatic carbocycles. The summed E-state index contributed by atoms with van der Waals surface area (Å²) >= 11 is 1.61. The van der Waals surface area contributed by atoms with Crippen LogP contribution >= 0.6 is 11.8 Å². The standard InChI is InChI=1S/C19H19N5O5S/c1-30-10-5-2-9(3-6-10)4-7-12-21-13-16(22-19(20)23-17(13)28)24(12)18-15(27)14(26)11(8-25)29-18/h2-3,5-6,11,14-15,18,25-27H,8H2,1H3,(H3,20,22,23,28)/t11-,14?,15?,18-/m1/s1. The lowest BCUT2D eigenvalue weighted by molar-refractivity contribution is -0.0514. The minimum Gasteiger partial charge on any atom is -0.394 e. The van der Waals surface area contributed by atoms with Gasteiger partial charge in [0, 0.05) is 10.5 Å². The lowest BCUT2D eigenvalue weighted by Gasteiger charge is -2.17. The van der Waals surface area contributed by atoms with Crippen LogP contribution in [0, 0.1) is 11.8 Å². The largest absolute Gasteiger partial charge is 0.394 e. The van der Waals surface area contributed by atoms with Crippen LogP contribution in [0.3, 0.4) is 0 Å². The lowest BCUT2D eigenvalue weighted by Crippen LogP contribution is -2.33. The van der Waals surface area contributed by atoms with E-state index >= 15 is 0 Å². The number of thioether (sulfide) groups is 1. The Hall–Kier alpha value is -2.88. The number of rotatable bonds is 3. The highest BCUT2D eigenvalue weighted by Crippen LogP contribution is 2.32. The van der Waals surface area contributed by atoms with E-state index in [0.717, 1.165) is 4.90 Å². The van der Waals surface area contributed by atoms with Gasteiger partial charge in [0.05, 0.1) is 6.61 Å². The van der Waals surface area contributed by atoms with Crippen molar-refractivity contribution in [2.24, 2.45) is 0 Å². The third-order valence-corrected chi connectivity index (χ3v) is 5.49. The van der Waals surface area contributed by atoms with Crippen LogP contribution in [0.4, 0.5) is 5.95 Å². The van der Waals surface area contributed by atoms with Gasteiger partial charge >= 0.3 is 0 Å². The Bertz CT molecular complexity index is 1200. The van der Waals surface area contributed by atoms with Crippen LogP contribution < -0.4 is 11.3 Å². The Kier molecular flexibility index (Phi) is 5.50. The van der Waals surface area contributed by atoms with Crippen LogP contribution in [0.2, 0.25) is 0 Å². The molecular weight excluding hydrogens is 410 g/mol. The SMILES string of the molecule is CSc1ccc(C#Cc2nc3c(=O)[nH]c(N)nc3n2[C@@H]2O[C@H](CO)C(O)C2O)cc1. The molecule has 0 spiro atoms. The number of H-pyrrole nitrogens is 1. The van der Waals surface area contributed by atoms with Crippen molar-refractivity contribution < 1.29 is 20.1 Å². The highest BCUT2D eigenvalue weighted by atomic mass is 32.2. The fraction of sp³-hybridized carbons (Fsp3) is 0.316. The third-order valence-electron chi connectivity index (χ3n) is 4.75. The second-order valence-corrected chi connectivity index (χ2v) is 7.52. The Morgan fingerprint density at radius 2 is 1.97 bits per heavy atom. The first kappa shape index (κ1) is 20.4. The van der Waals surface area contributed by atoms with E-state index in [1.54, 1.807) is 11.8 Å². The summed E-state index contributed by atoms with van der Waals surface area (Å²) in [5, 5.41) is 30.0. The van der Waals surface area contributed by atoms with Gasteiger partial charge < -0.3 is 25.8 Å². The number of fused-ring (bicyclic) bond motifs is 1. The molecule has 2 aromatic heterocycles. The van der Waals surface area contributed by atoms with Crippen molar-refractivity contribution in [3.8, 4) is 11.8 Å². The van der Waals surface area contributed by atoms with E-state index in [0.29, 0.717) is 5.56 Å². The van der Waals surface area contributed by atoms with Crippen molar-refractivity contribution in [2.75, 3.05) is 18.6 Å². The molecule has 0 saturated carbocycles. The molecule has 0 radical (unpaired) electrons. The zero-order valence-electron chi connectivity index (χ0n) is 15.8. The molecule has 11 heteroatoms. The number of hydrogen-bond acceptors (Lipinski definition) is 9. The minimum atomic E-state index is -1.40. The zero-order valence-corrected chi connectivity index (χ0v) is 16.6. The fourth-order valence-corrected chi connectivity index (χ4v) is 3.63. The molecule has 1 aliphatic heterocycles. The molecule has 6 N–H and O–H groups in total. The number of hydrogen-bond donors (Lipinski definition) is 5. The Morgan fingerprint density at radius 1 is 1.23 bits per heavy atom. The molecule has 30 heavy (non-hydrogen) atoms. The Balaban J connectivity index is 1.85. The van der Waals surface area contributed by atoms with Gasteiger partial charge in [-0.3, -0.25) is 14.3 Å². The van der Waals surface area contributed by atoms with Crippen molar-refractivity contribution >= 4 is 28.9 Å². The van der Waals surface area contributed by atoms with Gasteiger partial charge in [-0.2, -0.15) is 4.98 Å². The van der Waals surface area contributed by atoms with Gasteiger partial charge in [0.2, 0.25) is 5.95 Å². The van der Waals surface area contributed by atoms with E-state index in [2.05, 4.69) is 26.8 Å². The first-order chi connectivity index (χ1) is 14.4. The van der Waals surface area contributed by atoms with Gasteiger partial charge in [0.25, 0.3) is 5.56 Å². The topological polar surface area (TPSA) is 160 Å². The summed E-state index contributed by atoms with van der Waals surface area (Å²) in [6.45, 7) is -0.500. The zero-order chi connectivity index (χ0) is 21.4. The Morgan fingerprint density at radius 3 is 2.60 bits per heavy atom. The molecule has 0 amide bonds. The van der Waals surface area contributed by atoms with Gasteiger partial charge in [-0.25, -0.2) is 4.98 Å². The number of nitrogen functional groups attached to an aromatic ring is 1. The molecule has 0 bridgehead atoms. The number of aromatic nitrogens is 4. The first-order valence-corrected chi connectivity index (χ1v) is 10.2. The molecule has 4 rings (SSSR count). The van der Waals surface area contributed by atoms with Gasteiger partial charge in [-0.1, -0.05) is 5.92 Å². The monoisotopic (exact) mass is 429 g/mol. The predicted molar refractivity (Wildman–Crippen MR) is 110 cm³/mol. The van der Waals surface area contributed by atoms with Crippen LogP contribution in [0.1, 0.15) is 17.6 Å². The summed E-state index contributed by atoms with van der Waals surface area (Å²) < 4.78 is 6.91. The normalized spacial score (nSPS) is 23.5. The van der Waals surface area contributed by atoms with Crippen molar-refractivity contribution in [3.05, 3.63) is 46.0 Å². The van der Waals surface area contributed by atoms with E-state index in [4.69, 9.17) is 10.5 Å². The summed E-state index contributed by atoms with van der Waals surface area (Å²) in [7, 11) is 0. The van der Waals surface area contributed by atoms with E-state index in [-0.39, 0.29) is 22.9 Å². The van der Waals surface area contributed by atoms with Gasteiger partial charge in [-0.15, -0.1) is 11.8 Å². The summed E-state index contributed by atoms with van der Waals surface area (Å²) in [4.78, 5) is 24.1. The predicted octanol–water partition coefficient (Wildman–Crippen LogP) is -0.565. The molecular formula is C19H19N5O5S. The van der Waals surface area contributed by atoms with Crippen LogP contribution in [0.5, 0.6) is 0 Å². The summed E-state index contributed by atoms with van der Waals surface area (Å²) in [6.07, 6.45) is -2.94. The summed E-state index contributed by atoms with van der Waals surface area (Å²) in [6, 6.07) is 7.55. The number of nitrogens with zero attached hydrogens (tertiary/aromatic N) is 3.